The van der Waals surface area contributed by atoms with E-state index in [9.17, 15) is 4.39 Å². The van der Waals surface area contributed by atoms with Gasteiger partial charge in [-0.1, -0.05) is 39.7 Å². The van der Waals surface area contributed by atoms with Crippen LogP contribution >= 0.6 is 27.5 Å². The van der Waals surface area contributed by atoms with Crippen LogP contribution in [0, 0.1) is 5.82 Å². The summed E-state index contributed by atoms with van der Waals surface area (Å²) >= 11 is 9.29. The summed E-state index contributed by atoms with van der Waals surface area (Å²) in [6.45, 7) is 0. The smallest absolute Gasteiger partial charge is 0.137 e. The molecule has 0 amide bonds. The summed E-state index contributed by atoms with van der Waals surface area (Å²) in [5.74, 6) is 0.254. The maximum absolute atomic E-state index is 13.1. The van der Waals surface area contributed by atoms with Crippen molar-refractivity contribution in [3.05, 3.63) is 62.8 Å². The van der Waals surface area contributed by atoms with Gasteiger partial charge in [0.25, 0.3) is 0 Å². The van der Waals surface area contributed by atoms with Gasteiger partial charge in [-0.25, -0.2) is 4.39 Å². The maximum Gasteiger partial charge on any atom is 0.137 e. The highest BCUT2D eigenvalue weighted by Gasteiger charge is 2.14. The summed E-state index contributed by atoms with van der Waals surface area (Å²) in [4.78, 5) is 0. The molecule has 0 saturated carbocycles. The van der Waals surface area contributed by atoms with Crippen LogP contribution in [0.15, 0.2) is 40.9 Å². The third-order valence-corrected chi connectivity index (χ3v) is 3.83. The molecule has 0 fully saturated rings. The number of rotatable bonds is 3. The SMILES string of the molecule is COc1cc(C(N)c2ccc(F)cc2Br)ccc1Cl. The van der Waals surface area contributed by atoms with Crippen molar-refractivity contribution >= 4 is 27.5 Å². The number of nitrogens with two attached hydrogens (primary N) is 1. The Morgan fingerprint density at radius 2 is 2.00 bits per heavy atom. The zero-order valence-corrected chi connectivity index (χ0v) is 12.5. The summed E-state index contributed by atoms with van der Waals surface area (Å²) in [5, 5.41) is 0.525. The minimum absolute atomic E-state index is 0.309. The zero-order valence-electron chi connectivity index (χ0n) is 10.2. The number of benzene rings is 2. The molecule has 0 saturated heterocycles. The van der Waals surface area contributed by atoms with E-state index in [0.29, 0.717) is 15.2 Å². The van der Waals surface area contributed by atoms with Crippen LogP contribution in [0.25, 0.3) is 0 Å². The van der Waals surface area contributed by atoms with Crippen molar-refractivity contribution in [3.63, 3.8) is 0 Å². The molecule has 0 bridgehead atoms. The summed E-state index contributed by atoms with van der Waals surface area (Å²) in [6.07, 6.45) is 0. The van der Waals surface area contributed by atoms with Gasteiger partial charge < -0.3 is 10.5 Å². The van der Waals surface area contributed by atoms with Crippen molar-refractivity contribution in [3.8, 4) is 5.75 Å². The number of hydrogen-bond donors (Lipinski definition) is 1. The molecule has 0 heterocycles. The minimum Gasteiger partial charge on any atom is -0.495 e. The van der Waals surface area contributed by atoms with Crippen LogP contribution in [0.4, 0.5) is 4.39 Å². The lowest BCUT2D eigenvalue weighted by Crippen LogP contribution is -2.12. The van der Waals surface area contributed by atoms with Crippen LogP contribution < -0.4 is 10.5 Å². The number of hydrogen-bond acceptors (Lipinski definition) is 2. The largest absolute Gasteiger partial charge is 0.495 e. The van der Waals surface area contributed by atoms with Gasteiger partial charge >= 0.3 is 0 Å². The first-order valence-corrected chi connectivity index (χ1v) is 6.74. The Hall–Kier alpha value is -1.10. The van der Waals surface area contributed by atoms with Crippen molar-refractivity contribution in [2.75, 3.05) is 7.11 Å². The summed E-state index contributed by atoms with van der Waals surface area (Å²) < 4.78 is 18.9. The lowest BCUT2D eigenvalue weighted by Gasteiger charge is -2.16. The molecule has 2 nitrogen and oxygen atoms in total. The van der Waals surface area contributed by atoms with E-state index in [2.05, 4.69) is 15.9 Å². The van der Waals surface area contributed by atoms with Crippen LogP contribution in [0.3, 0.4) is 0 Å². The van der Waals surface area contributed by atoms with Gasteiger partial charge in [0.2, 0.25) is 0 Å². The minimum atomic E-state index is -0.388. The zero-order chi connectivity index (χ0) is 14.0. The Labute approximate surface area is 124 Å². The molecule has 0 aliphatic rings. The third-order valence-electron chi connectivity index (χ3n) is 2.83. The van der Waals surface area contributed by atoms with E-state index in [0.717, 1.165) is 11.1 Å². The molecule has 1 unspecified atom stereocenters. The highest BCUT2D eigenvalue weighted by molar-refractivity contribution is 9.10. The molecule has 2 rings (SSSR count). The Morgan fingerprint density at radius 1 is 1.26 bits per heavy atom. The molecular formula is C14H12BrClFNO. The van der Waals surface area contributed by atoms with E-state index < -0.39 is 0 Å². The van der Waals surface area contributed by atoms with Gasteiger partial charge in [-0.05, 0) is 35.4 Å². The van der Waals surface area contributed by atoms with Gasteiger partial charge in [0.15, 0.2) is 0 Å². The van der Waals surface area contributed by atoms with Crippen molar-refractivity contribution in [2.45, 2.75) is 6.04 Å². The fourth-order valence-corrected chi connectivity index (χ4v) is 2.60. The van der Waals surface area contributed by atoms with Gasteiger partial charge in [-0.3, -0.25) is 0 Å². The Bertz CT molecular complexity index is 606. The quantitative estimate of drug-likeness (QED) is 0.901. The fraction of sp³-hybridized carbons (Fsp3) is 0.143. The fourth-order valence-electron chi connectivity index (χ4n) is 1.80. The lowest BCUT2D eigenvalue weighted by molar-refractivity contribution is 0.414. The second-order valence-corrected chi connectivity index (χ2v) is 5.30. The first-order valence-electron chi connectivity index (χ1n) is 5.57. The monoisotopic (exact) mass is 343 g/mol. The maximum atomic E-state index is 13.1. The molecule has 0 radical (unpaired) electrons. The average molecular weight is 345 g/mol. The predicted molar refractivity (Wildman–Crippen MR) is 78.1 cm³/mol. The van der Waals surface area contributed by atoms with Crippen molar-refractivity contribution < 1.29 is 9.13 Å². The molecule has 100 valence electrons. The molecule has 19 heavy (non-hydrogen) atoms. The van der Waals surface area contributed by atoms with E-state index in [4.69, 9.17) is 22.1 Å². The van der Waals surface area contributed by atoms with Gasteiger partial charge in [0, 0.05) is 4.47 Å². The Kier molecular flexibility index (Phi) is 4.45. The summed E-state index contributed by atoms with van der Waals surface area (Å²) in [5.41, 5.74) is 7.83. The predicted octanol–water partition coefficient (Wildman–Crippen LogP) is 4.30. The van der Waals surface area contributed by atoms with Gasteiger partial charge in [0.05, 0.1) is 18.2 Å². The van der Waals surface area contributed by atoms with E-state index in [1.165, 1.54) is 12.1 Å². The highest BCUT2D eigenvalue weighted by atomic mass is 79.9. The molecule has 2 N–H and O–H groups in total. The van der Waals surface area contributed by atoms with Crippen LogP contribution in [0.1, 0.15) is 17.2 Å². The normalized spacial score (nSPS) is 12.3. The van der Waals surface area contributed by atoms with Gasteiger partial charge in [-0.15, -0.1) is 0 Å². The molecule has 2 aromatic carbocycles. The number of ether oxygens (including phenoxy) is 1. The van der Waals surface area contributed by atoms with Crippen LogP contribution in [-0.4, -0.2) is 7.11 Å². The summed E-state index contributed by atoms with van der Waals surface area (Å²) in [7, 11) is 1.55. The van der Waals surface area contributed by atoms with E-state index in [-0.39, 0.29) is 11.9 Å². The number of methoxy groups -OCH3 is 1. The van der Waals surface area contributed by atoms with E-state index >= 15 is 0 Å². The third kappa shape index (κ3) is 3.08. The molecule has 5 heteroatoms. The van der Waals surface area contributed by atoms with E-state index in [1.54, 1.807) is 25.3 Å². The molecule has 2 aromatic rings. The molecule has 0 aliphatic carbocycles. The molecule has 1 atom stereocenters. The van der Waals surface area contributed by atoms with Crippen LogP contribution in [0.2, 0.25) is 5.02 Å². The topological polar surface area (TPSA) is 35.2 Å². The standard InChI is InChI=1S/C14H12BrClFNO/c1-19-13-6-8(2-5-12(13)16)14(18)10-4-3-9(17)7-11(10)15/h2-7,14H,18H2,1H3. The molecular weight excluding hydrogens is 333 g/mol. The number of halogens is 3. The van der Waals surface area contributed by atoms with Crippen LogP contribution in [-0.2, 0) is 0 Å². The first kappa shape index (κ1) is 14.3. The highest BCUT2D eigenvalue weighted by Crippen LogP contribution is 2.32. The lowest BCUT2D eigenvalue weighted by atomic mass is 9.99. The second-order valence-electron chi connectivity index (χ2n) is 4.04. The average Bonchev–Trinajstić information content (AvgIpc) is 2.38. The first-order chi connectivity index (χ1) is 9.02. The Balaban J connectivity index is 2.40. The van der Waals surface area contributed by atoms with Gasteiger partial charge in [-0.2, -0.15) is 0 Å². The van der Waals surface area contributed by atoms with E-state index in [1.807, 2.05) is 6.07 Å². The molecule has 0 aromatic heterocycles. The summed E-state index contributed by atoms with van der Waals surface area (Å²) in [6, 6.07) is 9.38. The van der Waals surface area contributed by atoms with Crippen molar-refractivity contribution in [1.82, 2.24) is 0 Å². The second kappa shape index (κ2) is 5.90. The Morgan fingerprint density at radius 3 is 2.63 bits per heavy atom. The molecule has 0 aliphatic heterocycles. The molecule has 0 spiro atoms. The van der Waals surface area contributed by atoms with Crippen molar-refractivity contribution in [2.24, 2.45) is 5.73 Å². The van der Waals surface area contributed by atoms with Crippen molar-refractivity contribution in [1.29, 1.82) is 0 Å². The van der Waals surface area contributed by atoms with Gasteiger partial charge in [0.1, 0.15) is 11.6 Å². The van der Waals surface area contributed by atoms with Crippen LogP contribution in [0.5, 0.6) is 5.75 Å².